The largest absolute Gasteiger partial charge is 0.370 e. The van der Waals surface area contributed by atoms with E-state index in [0.29, 0.717) is 19.0 Å². The maximum absolute atomic E-state index is 12.6. The highest BCUT2D eigenvalue weighted by molar-refractivity contribution is 5.79. The van der Waals surface area contributed by atoms with E-state index in [1.165, 1.54) is 0 Å². The third-order valence-electron chi connectivity index (χ3n) is 4.64. The second kappa shape index (κ2) is 6.57. The molecule has 6 heteroatoms. The zero-order valence-corrected chi connectivity index (χ0v) is 13.3. The van der Waals surface area contributed by atoms with Crippen LogP contribution < -0.4 is 10.2 Å². The molecule has 2 aliphatic heterocycles. The lowest BCUT2D eigenvalue weighted by atomic mass is 9.99. The number of amides is 1. The molecule has 2 fully saturated rings. The minimum atomic E-state index is -0.104. The molecule has 4 rings (SSSR count). The van der Waals surface area contributed by atoms with Crippen molar-refractivity contribution in [2.24, 2.45) is 5.92 Å². The topological polar surface area (TPSA) is 67.4 Å². The molecule has 2 bridgehead atoms. The monoisotopic (exact) mass is 324 g/mol. The minimum absolute atomic E-state index is 0.0695. The fourth-order valence-electron chi connectivity index (χ4n) is 3.47. The van der Waals surface area contributed by atoms with Crippen molar-refractivity contribution >= 4 is 11.9 Å². The Kier molecular flexibility index (Phi) is 4.13. The van der Waals surface area contributed by atoms with E-state index < -0.39 is 0 Å². The third-order valence-corrected chi connectivity index (χ3v) is 4.64. The predicted molar refractivity (Wildman–Crippen MR) is 89.3 cm³/mol. The van der Waals surface area contributed by atoms with E-state index in [-0.39, 0.29) is 24.0 Å². The Labute approximate surface area is 140 Å². The number of nitrogens with zero attached hydrogens (tertiary/aromatic N) is 3. The average Bonchev–Trinajstić information content (AvgIpc) is 2.95. The van der Waals surface area contributed by atoms with Crippen LogP contribution in [0.1, 0.15) is 12.0 Å². The number of fused-ring (bicyclic) bond motifs is 2. The maximum Gasteiger partial charge on any atom is 0.226 e. The van der Waals surface area contributed by atoms with Gasteiger partial charge >= 0.3 is 0 Å². The minimum Gasteiger partial charge on any atom is -0.370 e. The summed E-state index contributed by atoms with van der Waals surface area (Å²) in [5.41, 5.74) is 1.10. The van der Waals surface area contributed by atoms with Gasteiger partial charge in [0.05, 0.1) is 18.1 Å². The summed E-state index contributed by atoms with van der Waals surface area (Å²) in [6.45, 7) is 1.95. The van der Waals surface area contributed by atoms with Crippen molar-refractivity contribution in [1.82, 2.24) is 15.3 Å². The maximum atomic E-state index is 12.6. The van der Waals surface area contributed by atoms with Gasteiger partial charge in [0.2, 0.25) is 11.9 Å². The molecular formula is C18H20N4O2. The van der Waals surface area contributed by atoms with Crippen molar-refractivity contribution in [2.75, 3.05) is 18.0 Å². The van der Waals surface area contributed by atoms with Crippen LogP contribution in [0.3, 0.4) is 0 Å². The van der Waals surface area contributed by atoms with Gasteiger partial charge in [-0.3, -0.25) is 4.79 Å². The molecule has 2 aliphatic rings. The van der Waals surface area contributed by atoms with Crippen molar-refractivity contribution in [2.45, 2.75) is 25.2 Å². The first kappa shape index (κ1) is 15.1. The number of ether oxygens (including phenoxy) is 1. The molecule has 0 spiro atoms. The van der Waals surface area contributed by atoms with Gasteiger partial charge in [-0.05, 0) is 18.1 Å². The smallest absolute Gasteiger partial charge is 0.226 e. The van der Waals surface area contributed by atoms with E-state index in [2.05, 4.69) is 20.2 Å². The first-order chi connectivity index (χ1) is 11.8. The van der Waals surface area contributed by atoms with Gasteiger partial charge < -0.3 is 15.0 Å². The first-order valence-corrected chi connectivity index (χ1v) is 8.28. The Balaban J connectivity index is 1.38. The number of morpholine rings is 1. The fraction of sp³-hybridized carbons (Fsp3) is 0.389. The van der Waals surface area contributed by atoms with Gasteiger partial charge in [-0.25, -0.2) is 9.97 Å². The van der Waals surface area contributed by atoms with Crippen LogP contribution in [0.25, 0.3) is 0 Å². The second-order valence-corrected chi connectivity index (χ2v) is 6.30. The van der Waals surface area contributed by atoms with Gasteiger partial charge in [0.15, 0.2) is 0 Å². The van der Waals surface area contributed by atoms with Crippen molar-refractivity contribution < 1.29 is 9.53 Å². The molecule has 6 nitrogen and oxygen atoms in total. The quantitative estimate of drug-likeness (QED) is 0.920. The Morgan fingerprint density at radius 1 is 1.17 bits per heavy atom. The van der Waals surface area contributed by atoms with Crippen LogP contribution in [0.5, 0.6) is 0 Å². The lowest BCUT2D eigenvalue weighted by molar-refractivity contribution is -0.126. The van der Waals surface area contributed by atoms with Gasteiger partial charge in [-0.2, -0.15) is 0 Å². The number of hydrogen-bond donors (Lipinski definition) is 1. The van der Waals surface area contributed by atoms with E-state index in [4.69, 9.17) is 4.74 Å². The average molecular weight is 324 g/mol. The molecule has 2 saturated heterocycles. The van der Waals surface area contributed by atoms with Crippen LogP contribution >= 0.6 is 0 Å². The molecule has 3 heterocycles. The van der Waals surface area contributed by atoms with Crippen molar-refractivity contribution in [3.63, 3.8) is 0 Å². The number of anilines is 1. The summed E-state index contributed by atoms with van der Waals surface area (Å²) in [5, 5.41) is 3.04. The van der Waals surface area contributed by atoms with Crippen molar-refractivity contribution in [3.05, 3.63) is 54.4 Å². The summed E-state index contributed by atoms with van der Waals surface area (Å²) in [7, 11) is 0. The molecule has 1 N–H and O–H groups in total. The van der Waals surface area contributed by atoms with E-state index in [1.807, 2.05) is 30.3 Å². The van der Waals surface area contributed by atoms with E-state index in [1.54, 1.807) is 18.5 Å². The molecule has 0 aliphatic carbocycles. The number of nitrogens with one attached hydrogen (secondary N) is 1. The summed E-state index contributed by atoms with van der Waals surface area (Å²) in [6.07, 6.45) is 4.21. The Bertz CT molecular complexity index is 695. The van der Waals surface area contributed by atoms with Crippen molar-refractivity contribution in [1.29, 1.82) is 0 Å². The van der Waals surface area contributed by atoms with Crippen LogP contribution in [0, 0.1) is 5.92 Å². The zero-order chi connectivity index (χ0) is 16.4. The summed E-state index contributed by atoms with van der Waals surface area (Å²) >= 11 is 0. The Hall–Kier alpha value is -2.47. The van der Waals surface area contributed by atoms with Crippen LogP contribution in [-0.2, 0) is 16.1 Å². The second-order valence-electron chi connectivity index (χ2n) is 6.30. The predicted octanol–water partition coefficient (Wildman–Crippen LogP) is 1.39. The number of hydrogen-bond acceptors (Lipinski definition) is 5. The molecular weight excluding hydrogens is 304 g/mol. The molecule has 24 heavy (non-hydrogen) atoms. The van der Waals surface area contributed by atoms with Gasteiger partial charge in [-0.15, -0.1) is 0 Å². The Morgan fingerprint density at radius 3 is 2.75 bits per heavy atom. The molecule has 2 aromatic rings. The number of carbonyl (C=O) groups is 1. The van der Waals surface area contributed by atoms with Gasteiger partial charge in [-0.1, -0.05) is 30.3 Å². The summed E-state index contributed by atoms with van der Waals surface area (Å²) < 4.78 is 5.98. The van der Waals surface area contributed by atoms with E-state index in [9.17, 15) is 4.79 Å². The Morgan fingerprint density at radius 2 is 1.96 bits per heavy atom. The highest BCUT2D eigenvalue weighted by atomic mass is 16.5. The number of rotatable bonds is 4. The number of carbonyl (C=O) groups excluding carboxylic acids is 1. The highest BCUT2D eigenvalue weighted by Crippen LogP contribution is 2.33. The fourth-order valence-corrected chi connectivity index (χ4v) is 3.47. The highest BCUT2D eigenvalue weighted by Gasteiger charge is 2.45. The summed E-state index contributed by atoms with van der Waals surface area (Å²) in [6, 6.07) is 11.8. The third kappa shape index (κ3) is 3.10. The normalized spacial score (nSPS) is 25.5. The van der Waals surface area contributed by atoms with Crippen LogP contribution in [0.2, 0.25) is 0 Å². The molecule has 1 aromatic heterocycles. The molecule has 0 radical (unpaired) electrons. The molecule has 0 saturated carbocycles. The van der Waals surface area contributed by atoms with E-state index >= 15 is 0 Å². The standard InChI is InChI=1S/C18H20N4O2/c23-17(21-10-13-5-2-1-3-6-13)15-9-14-11-22(12-16(15)24-14)18-19-7-4-8-20-18/h1-8,14-16H,9-12H2,(H,21,23)/t14-,15-,16+/m0/s1. The van der Waals surface area contributed by atoms with Gasteiger partial charge in [0.25, 0.3) is 0 Å². The summed E-state index contributed by atoms with van der Waals surface area (Å²) in [4.78, 5) is 23.3. The van der Waals surface area contributed by atoms with Gasteiger partial charge in [0.1, 0.15) is 0 Å². The molecule has 1 amide bonds. The van der Waals surface area contributed by atoms with Crippen LogP contribution in [-0.4, -0.2) is 41.2 Å². The number of benzene rings is 1. The van der Waals surface area contributed by atoms with Crippen molar-refractivity contribution in [3.8, 4) is 0 Å². The zero-order valence-electron chi connectivity index (χ0n) is 13.3. The molecule has 3 atom stereocenters. The SMILES string of the molecule is O=C(NCc1ccccc1)[C@H]1C[C@H]2CN(c3ncccn3)C[C@H]1O2. The van der Waals surface area contributed by atoms with Crippen LogP contribution in [0.15, 0.2) is 48.8 Å². The van der Waals surface area contributed by atoms with Gasteiger partial charge in [0, 0.05) is 32.0 Å². The molecule has 0 unspecified atom stereocenters. The number of aromatic nitrogens is 2. The molecule has 124 valence electrons. The van der Waals surface area contributed by atoms with E-state index in [0.717, 1.165) is 18.5 Å². The lowest BCUT2D eigenvalue weighted by Gasteiger charge is -2.32. The molecule has 1 aromatic carbocycles. The lowest BCUT2D eigenvalue weighted by Crippen LogP contribution is -2.46. The summed E-state index contributed by atoms with van der Waals surface area (Å²) in [5.74, 6) is 0.677. The van der Waals surface area contributed by atoms with Crippen LogP contribution in [0.4, 0.5) is 5.95 Å². The first-order valence-electron chi connectivity index (χ1n) is 8.28.